The zero-order valence-corrected chi connectivity index (χ0v) is 84.7. The fourth-order valence-electron chi connectivity index (χ4n) is 14.9. The molecule has 0 saturated heterocycles. The summed E-state index contributed by atoms with van der Waals surface area (Å²) in [6.45, 7) is 13.8. The number of aliphatic imine (C=N–C) groups is 1. The van der Waals surface area contributed by atoms with Gasteiger partial charge in [0.1, 0.15) is 62.5 Å². The van der Waals surface area contributed by atoms with Crippen molar-refractivity contribution in [3.05, 3.63) is 192 Å². The van der Waals surface area contributed by atoms with Crippen molar-refractivity contribution in [1.29, 1.82) is 0 Å². The van der Waals surface area contributed by atoms with Crippen molar-refractivity contribution in [3.8, 4) is 91.0 Å². The van der Waals surface area contributed by atoms with Gasteiger partial charge in [-0.2, -0.15) is 29.2 Å². The Morgan fingerprint density at radius 2 is 0.608 bits per heavy atom. The van der Waals surface area contributed by atoms with Gasteiger partial charge in [-0.25, -0.2) is 65.8 Å². The third kappa shape index (κ3) is 26.3. The average Bonchev–Trinajstić information content (AvgIpc) is 0.794. The fraction of sp³-hybridized carbons (Fsp3) is 0.370. The number of amidine groups is 1. The number of aliphatic hydroxyl groups excluding tert-OH is 4. The average molecular weight is 2060 g/mol. The van der Waals surface area contributed by atoms with E-state index < -0.39 is 93.7 Å². The van der Waals surface area contributed by atoms with Crippen LogP contribution in [0, 0.1) is 46.5 Å². The number of methoxy groups -OCH3 is 8. The number of aliphatic hydroxyl groups is 4. The Balaban J connectivity index is 0.000000165. The number of benzene rings is 4. The van der Waals surface area contributed by atoms with E-state index in [4.69, 9.17) is 61.8 Å². The molecule has 1 aliphatic heterocycles. The zero-order chi connectivity index (χ0) is 107. The van der Waals surface area contributed by atoms with Crippen LogP contribution in [0.25, 0.3) is 84.6 Å². The van der Waals surface area contributed by atoms with Crippen LogP contribution in [-0.2, 0) is 47.1 Å². The Hall–Kier alpha value is -15.5. The molecule has 1 aliphatic rings. The van der Waals surface area contributed by atoms with Gasteiger partial charge < -0.3 is 92.0 Å². The maximum atomic E-state index is 15.5. The van der Waals surface area contributed by atoms with Crippen molar-refractivity contribution in [1.82, 2.24) is 98.5 Å². The summed E-state index contributed by atoms with van der Waals surface area (Å²) in [7, 11) is 17.3. The highest BCUT2D eigenvalue weighted by atomic mass is 19.2. The molecule has 0 fully saturated rings. The van der Waals surface area contributed by atoms with Crippen LogP contribution in [-0.4, -0.2) is 279 Å². The summed E-state index contributed by atoms with van der Waals surface area (Å²) in [4.78, 5) is 57.8. The molecule has 4 N–H and O–H groups in total. The van der Waals surface area contributed by atoms with E-state index >= 15 is 35.1 Å². The molecule has 16 rings (SSSR count). The van der Waals surface area contributed by atoms with Gasteiger partial charge in [0, 0.05) is 93.9 Å². The topological polar surface area (TPSA) is 430 Å². The molecule has 0 aliphatic carbocycles. The van der Waals surface area contributed by atoms with E-state index in [9.17, 15) is 20.4 Å². The lowest BCUT2D eigenvalue weighted by Crippen LogP contribution is -2.52. The highest BCUT2D eigenvalue weighted by Gasteiger charge is 2.36. The molecule has 148 heavy (non-hydrogen) atoms. The van der Waals surface area contributed by atoms with Crippen LogP contribution in [0.3, 0.4) is 0 Å². The number of halogens is 8. The van der Waals surface area contributed by atoms with Gasteiger partial charge in [-0.1, -0.05) is 4.98 Å². The lowest BCUT2D eigenvalue weighted by Gasteiger charge is -2.28. The largest absolute Gasteiger partial charge is 0.493 e. The first-order chi connectivity index (χ1) is 70.8. The minimum Gasteiger partial charge on any atom is -0.493 e. The molecular weight excluding hydrogens is 1950 g/mol. The Bertz CT molecular complexity index is 6740. The number of pyridine rings is 3. The van der Waals surface area contributed by atoms with Gasteiger partial charge in [0.25, 0.3) is 5.49 Å². The lowest BCUT2D eigenvalue weighted by molar-refractivity contribution is 0.00625. The smallest absolute Gasteiger partial charge is 0.288 e. The second-order valence-corrected chi connectivity index (χ2v) is 34.4. The van der Waals surface area contributed by atoms with Gasteiger partial charge in [0.05, 0.1) is 231 Å². The first-order valence-corrected chi connectivity index (χ1v) is 46.2. The molecule has 12 heterocycles. The van der Waals surface area contributed by atoms with Crippen molar-refractivity contribution < 1.29 is 112 Å². The number of fused-ring (bicyclic) bond motifs is 4. The molecular formula is C100H113F8N24O16+. The summed E-state index contributed by atoms with van der Waals surface area (Å²) in [6.07, 6.45) is 17.3. The molecule has 4 unspecified atom stereocenters. The Labute approximate surface area is 844 Å². The van der Waals surface area contributed by atoms with Crippen LogP contribution in [0.4, 0.5) is 75.3 Å². The molecule has 0 saturated carbocycles. The van der Waals surface area contributed by atoms with Crippen molar-refractivity contribution in [3.63, 3.8) is 0 Å². The number of rotatable bonds is 39. The van der Waals surface area contributed by atoms with E-state index in [0.717, 1.165) is 46.5 Å². The third-order valence-electron chi connectivity index (χ3n) is 22.1. The van der Waals surface area contributed by atoms with Crippen LogP contribution < -0.4 is 68.0 Å². The van der Waals surface area contributed by atoms with E-state index in [0.29, 0.717) is 50.2 Å². The van der Waals surface area contributed by atoms with Gasteiger partial charge in [0.2, 0.25) is 23.2 Å². The molecule has 11 aromatic heterocycles. The second-order valence-electron chi connectivity index (χ2n) is 34.4. The first kappa shape index (κ1) is 110. The maximum absolute atomic E-state index is 15.5. The van der Waals surface area contributed by atoms with Crippen molar-refractivity contribution in [2.24, 2.45) is 33.2 Å². The standard InChI is InChI=1S/3C25H28F2N6O4.C25H29F2N6O4/c3*1-14(2)37-13-16(34)12-33(24-22(26)19(35-4)8-20(36-5)23(24)27)21-7-6-17-25(31-21)30-18(10-28-17)15-9-29-32(3)11-15;1-14(2)37-13-16(34)12-33-21(31-24-22(26)19(35-4)8-20(36-5)23(24)27)7-6-17-25(33)30-18(10-28-17)15-9-29-32(3)11-15/h3*6-11,14,16,34H,12-13H2,1-5H3;6,8-11,14,16,34H,7,12-13H2,1-5H3/q;;;+1. The number of ether oxygens (including phenoxy) is 12. The SMILES string of the molecule is COc1cc(OC)c(F)c(N(CC(O)COC(C)C)c2ccc3ncc(-c4cnn(C)c4)nc3n2)c1F.COc1cc(OC)c(F)c(N(CC(O)COC(C)C)c2ccc3ncc(-c4cnn(C)c4)nc3n2)c1F.COc1cc(OC)c(F)c(N(CC(O)COC(C)C)c2ccc3ncc(-c4cnn(C)c4)nc3n2)c1F.COc1cc(OC)c(F)c(N=C2CC=c3ncc(-c4cnn(C)c4)nc3=[N+]2CC(O)COC(C)C)c1F. The number of aromatic nitrogens is 19. The number of aryl methyl sites for hydroxylation is 4. The maximum Gasteiger partial charge on any atom is 0.288 e. The second kappa shape index (κ2) is 49.6. The Morgan fingerprint density at radius 3 is 0.872 bits per heavy atom. The minimum absolute atomic E-state index is 0.00189. The number of hydrogen-bond donors (Lipinski definition) is 4. The van der Waals surface area contributed by atoms with E-state index in [2.05, 4.69) is 75.2 Å². The van der Waals surface area contributed by atoms with Gasteiger partial charge in [-0.3, -0.25) is 33.7 Å². The highest BCUT2D eigenvalue weighted by Crippen LogP contribution is 2.45. The lowest BCUT2D eigenvalue weighted by atomic mass is 10.2. The molecule has 0 radical (unpaired) electrons. The van der Waals surface area contributed by atoms with Crippen molar-refractivity contribution in [2.75, 3.05) is 124 Å². The van der Waals surface area contributed by atoms with Crippen molar-refractivity contribution in [2.45, 2.75) is 111 Å². The summed E-state index contributed by atoms with van der Waals surface area (Å²) < 4.78 is 194. The minimum atomic E-state index is -1.11. The molecule has 784 valence electrons. The van der Waals surface area contributed by atoms with Crippen LogP contribution in [0.2, 0.25) is 0 Å². The summed E-state index contributed by atoms with van der Waals surface area (Å²) in [5.41, 5.74) is 5.54. The fourth-order valence-corrected chi connectivity index (χ4v) is 14.9. The molecule has 0 spiro atoms. The molecule has 4 aromatic carbocycles. The number of hydrogen-bond acceptors (Lipinski definition) is 35. The van der Waals surface area contributed by atoms with Gasteiger partial charge in [0.15, 0.2) is 104 Å². The molecule has 15 aromatic rings. The van der Waals surface area contributed by atoms with E-state index in [1.165, 1.54) is 71.6 Å². The molecule has 0 bridgehead atoms. The van der Waals surface area contributed by atoms with Crippen LogP contribution >= 0.6 is 0 Å². The predicted molar refractivity (Wildman–Crippen MR) is 532 cm³/mol. The van der Waals surface area contributed by atoms with Gasteiger partial charge in [-0.05, 0) is 97.9 Å². The van der Waals surface area contributed by atoms with Gasteiger partial charge >= 0.3 is 0 Å². The zero-order valence-electron chi connectivity index (χ0n) is 84.7. The number of nitrogens with zero attached hydrogens (tertiary/aromatic N) is 24. The Morgan fingerprint density at radius 1 is 0.345 bits per heavy atom. The normalized spacial score (nSPS) is 12.9. The predicted octanol–water partition coefficient (Wildman–Crippen LogP) is 12.3. The summed E-state index contributed by atoms with van der Waals surface area (Å²) in [6, 6.07) is 14.0. The summed E-state index contributed by atoms with van der Waals surface area (Å²) in [5, 5.41) is 60.0. The van der Waals surface area contributed by atoms with Crippen molar-refractivity contribution >= 4 is 85.6 Å². The molecule has 48 heteroatoms. The molecule has 40 nitrogen and oxygen atoms in total. The van der Waals surface area contributed by atoms with Crippen LogP contribution in [0.5, 0.6) is 46.0 Å². The monoisotopic (exact) mass is 2060 g/mol. The van der Waals surface area contributed by atoms with E-state index in [1.54, 1.807) is 168 Å². The van der Waals surface area contributed by atoms with E-state index in [-0.39, 0.29) is 170 Å². The quantitative estimate of drug-likeness (QED) is 0.0205. The van der Waals surface area contributed by atoms with Crippen LogP contribution in [0.15, 0.2) is 140 Å². The third-order valence-corrected chi connectivity index (χ3v) is 22.1. The number of β-amino-alcohol motifs (C(OH)–C–C–N with tert-alkyl or cyclic N) is 1. The first-order valence-electron chi connectivity index (χ1n) is 46.2. The summed E-state index contributed by atoms with van der Waals surface area (Å²) >= 11 is 0. The Kier molecular flexibility index (Phi) is 36.8. The molecule has 0 amide bonds. The summed E-state index contributed by atoms with van der Waals surface area (Å²) in [5.74, 6) is -8.99. The highest BCUT2D eigenvalue weighted by molar-refractivity contribution is 5.91. The van der Waals surface area contributed by atoms with Crippen LogP contribution in [0.1, 0.15) is 61.8 Å². The van der Waals surface area contributed by atoms with E-state index in [1.807, 2.05) is 55.4 Å². The molecule has 4 atom stereocenters. The van der Waals surface area contributed by atoms with Gasteiger partial charge in [-0.15, -0.1) is 4.99 Å². The number of anilines is 6.